The third-order valence-corrected chi connectivity index (χ3v) is 4.48. The Morgan fingerprint density at radius 3 is 2.83 bits per heavy atom. The van der Waals surface area contributed by atoms with Gasteiger partial charge in [0.1, 0.15) is 0 Å². The van der Waals surface area contributed by atoms with E-state index in [1.165, 1.54) is 6.20 Å². The average molecular weight is 333 g/mol. The summed E-state index contributed by atoms with van der Waals surface area (Å²) in [6.45, 7) is 2.75. The molecule has 1 N–H and O–H groups in total. The van der Waals surface area contributed by atoms with Crippen molar-refractivity contribution in [3.8, 4) is 5.88 Å². The Kier molecular flexibility index (Phi) is 5.30. The highest BCUT2D eigenvalue weighted by molar-refractivity contribution is 5.94. The van der Waals surface area contributed by atoms with Crippen molar-refractivity contribution in [2.75, 3.05) is 33.4 Å². The molecule has 0 aromatic carbocycles. The normalized spacial score (nSPS) is 21.8. The molecule has 0 radical (unpaired) electrons. The highest BCUT2D eigenvalue weighted by Gasteiger charge is 2.28. The number of aromatic nitrogens is 1. The van der Waals surface area contributed by atoms with Gasteiger partial charge in [0.15, 0.2) is 0 Å². The lowest BCUT2D eigenvalue weighted by molar-refractivity contribution is -0.126. The van der Waals surface area contributed by atoms with Gasteiger partial charge in [-0.15, -0.1) is 0 Å². The molecule has 2 amide bonds. The Bertz CT molecular complexity index is 584. The van der Waals surface area contributed by atoms with Crippen molar-refractivity contribution in [2.45, 2.75) is 25.3 Å². The molecule has 2 aliphatic heterocycles. The van der Waals surface area contributed by atoms with Crippen molar-refractivity contribution < 1.29 is 19.1 Å². The predicted octanol–water partition coefficient (Wildman–Crippen LogP) is 0.847. The molecule has 2 aliphatic rings. The van der Waals surface area contributed by atoms with Gasteiger partial charge in [0, 0.05) is 45.5 Å². The highest BCUT2D eigenvalue weighted by atomic mass is 16.5. The van der Waals surface area contributed by atoms with Gasteiger partial charge in [0.2, 0.25) is 11.8 Å². The van der Waals surface area contributed by atoms with E-state index in [-0.39, 0.29) is 17.9 Å². The van der Waals surface area contributed by atoms with Gasteiger partial charge in [0.25, 0.3) is 5.91 Å². The molecule has 24 heavy (non-hydrogen) atoms. The van der Waals surface area contributed by atoms with E-state index in [1.807, 2.05) is 0 Å². The quantitative estimate of drug-likeness (QED) is 0.864. The molecule has 7 heteroatoms. The summed E-state index contributed by atoms with van der Waals surface area (Å²) in [5, 5.41) is 2.86. The summed E-state index contributed by atoms with van der Waals surface area (Å²) >= 11 is 0. The first-order valence-corrected chi connectivity index (χ1v) is 8.33. The minimum Gasteiger partial charge on any atom is -0.477 e. The van der Waals surface area contributed by atoms with Crippen LogP contribution < -0.4 is 10.1 Å². The SMILES string of the molecule is CN1C[C@H](NC(=O)c2ccc(OCC3CCOCC3)nc2)CC1=O. The lowest BCUT2D eigenvalue weighted by Crippen LogP contribution is -2.36. The first-order valence-electron chi connectivity index (χ1n) is 8.33. The molecule has 130 valence electrons. The third kappa shape index (κ3) is 4.23. The van der Waals surface area contributed by atoms with Crippen molar-refractivity contribution >= 4 is 11.8 Å². The van der Waals surface area contributed by atoms with Crippen molar-refractivity contribution in [1.82, 2.24) is 15.2 Å². The Balaban J connectivity index is 1.48. The zero-order valence-corrected chi connectivity index (χ0v) is 13.9. The molecular weight excluding hydrogens is 310 g/mol. The fourth-order valence-electron chi connectivity index (χ4n) is 2.95. The van der Waals surface area contributed by atoms with Gasteiger partial charge in [-0.05, 0) is 24.8 Å². The third-order valence-electron chi connectivity index (χ3n) is 4.48. The number of ether oxygens (including phenoxy) is 2. The Hall–Kier alpha value is -2.15. The number of nitrogens with one attached hydrogen (secondary N) is 1. The van der Waals surface area contributed by atoms with E-state index in [4.69, 9.17) is 9.47 Å². The smallest absolute Gasteiger partial charge is 0.253 e. The van der Waals surface area contributed by atoms with E-state index < -0.39 is 0 Å². The monoisotopic (exact) mass is 333 g/mol. The first kappa shape index (κ1) is 16.7. The molecule has 0 unspecified atom stereocenters. The first-order chi connectivity index (χ1) is 11.6. The highest BCUT2D eigenvalue weighted by Crippen LogP contribution is 2.17. The number of carbonyl (C=O) groups excluding carboxylic acids is 2. The molecule has 2 fully saturated rings. The summed E-state index contributed by atoms with van der Waals surface area (Å²) in [6, 6.07) is 3.27. The molecule has 0 bridgehead atoms. The maximum absolute atomic E-state index is 12.2. The van der Waals surface area contributed by atoms with E-state index >= 15 is 0 Å². The lowest BCUT2D eigenvalue weighted by Gasteiger charge is -2.21. The second-order valence-electron chi connectivity index (χ2n) is 6.40. The van der Waals surface area contributed by atoms with E-state index in [1.54, 1.807) is 24.1 Å². The van der Waals surface area contributed by atoms with Gasteiger partial charge in [-0.25, -0.2) is 4.98 Å². The van der Waals surface area contributed by atoms with Gasteiger partial charge >= 0.3 is 0 Å². The predicted molar refractivity (Wildman–Crippen MR) is 86.8 cm³/mol. The van der Waals surface area contributed by atoms with Crippen molar-refractivity contribution in [2.24, 2.45) is 5.92 Å². The number of hydrogen-bond acceptors (Lipinski definition) is 5. The van der Waals surface area contributed by atoms with Crippen LogP contribution in [0.2, 0.25) is 0 Å². The number of hydrogen-bond donors (Lipinski definition) is 1. The molecule has 1 aromatic rings. The summed E-state index contributed by atoms with van der Waals surface area (Å²) < 4.78 is 11.0. The van der Waals surface area contributed by atoms with Gasteiger partial charge in [-0.2, -0.15) is 0 Å². The van der Waals surface area contributed by atoms with E-state index in [9.17, 15) is 9.59 Å². The van der Waals surface area contributed by atoms with Gasteiger partial charge < -0.3 is 19.7 Å². The van der Waals surface area contributed by atoms with Crippen LogP contribution in [-0.2, 0) is 9.53 Å². The van der Waals surface area contributed by atoms with Crippen LogP contribution >= 0.6 is 0 Å². The molecule has 0 saturated carbocycles. The van der Waals surface area contributed by atoms with E-state index in [2.05, 4.69) is 10.3 Å². The number of carbonyl (C=O) groups is 2. The maximum Gasteiger partial charge on any atom is 0.253 e. The molecule has 0 spiro atoms. The maximum atomic E-state index is 12.2. The number of amides is 2. The number of pyridine rings is 1. The molecule has 3 heterocycles. The lowest BCUT2D eigenvalue weighted by atomic mass is 10.0. The molecular formula is C17H23N3O4. The van der Waals surface area contributed by atoms with Gasteiger partial charge in [0.05, 0.1) is 18.2 Å². The van der Waals surface area contributed by atoms with Crippen molar-refractivity contribution in [1.29, 1.82) is 0 Å². The molecule has 2 saturated heterocycles. The molecule has 1 atom stereocenters. The van der Waals surface area contributed by atoms with Crippen LogP contribution in [0.3, 0.4) is 0 Å². The van der Waals surface area contributed by atoms with Crippen LogP contribution in [0.5, 0.6) is 5.88 Å². The van der Waals surface area contributed by atoms with Crippen LogP contribution in [0.15, 0.2) is 18.3 Å². The summed E-state index contributed by atoms with van der Waals surface area (Å²) in [6.07, 6.45) is 3.88. The van der Waals surface area contributed by atoms with Crippen molar-refractivity contribution in [3.05, 3.63) is 23.9 Å². The standard InChI is InChI=1S/C17H23N3O4/c1-20-10-14(8-16(20)21)19-17(22)13-2-3-15(18-9-13)24-11-12-4-6-23-7-5-12/h2-3,9,12,14H,4-8,10-11H2,1H3,(H,19,22)/t14-/m1/s1. The van der Waals surface area contributed by atoms with Crippen molar-refractivity contribution in [3.63, 3.8) is 0 Å². The fraction of sp³-hybridized carbons (Fsp3) is 0.588. The van der Waals surface area contributed by atoms with E-state index in [0.29, 0.717) is 36.9 Å². The molecule has 7 nitrogen and oxygen atoms in total. The summed E-state index contributed by atoms with van der Waals surface area (Å²) in [5.41, 5.74) is 0.468. The van der Waals surface area contributed by atoms with Crippen LogP contribution in [0.1, 0.15) is 29.6 Å². The number of nitrogens with zero attached hydrogens (tertiary/aromatic N) is 2. The zero-order chi connectivity index (χ0) is 16.9. The van der Waals surface area contributed by atoms with E-state index in [0.717, 1.165) is 26.1 Å². The number of likely N-dealkylation sites (N-methyl/N-ethyl adjacent to an activating group) is 1. The van der Waals surface area contributed by atoms with Crippen LogP contribution in [0.25, 0.3) is 0 Å². The average Bonchev–Trinajstić information content (AvgIpc) is 2.92. The molecule has 0 aliphatic carbocycles. The summed E-state index contributed by atoms with van der Waals surface area (Å²) in [5.74, 6) is 0.858. The Morgan fingerprint density at radius 1 is 1.42 bits per heavy atom. The second-order valence-corrected chi connectivity index (χ2v) is 6.40. The minimum atomic E-state index is -0.216. The summed E-state index contributed by atoms with van der Waals surface area (Å²) in [4.78, 5) is 29.5. The largest absolute Gasteiger partial charge is 0.477 e. The Labute approximate surface area is 141 Å². The minimum absolute atomic E-state index is 0.0512. The number of rotatable bonds is 5. The van der Waals surface area contributed by atoms with Crippen LogP contribution in [0.4, 0.5) is 0 Å². The second kappa shape index (κ2) is 7.61. The van der Waals surface area contributed by atoms with Crippen LogP contribution in [-0.4, -0.2) is 61.2 Å². The topological polar surface area (TPSA) is 80.8 Å². The molecule has 1 aromatic heterocycles. The fourth-order valence-corrected chi connectivity index (χ4v) is 2.95. The zero-order valence-electron chi connectivity index (χ0n) is 13.9. The summed E-state index contributed by atoms with van der Waals surface area (Å²) in [7, 11) is 1.74. The molecule has 3 rings (SSSR count). The van der Waals surface area contributed by atoms with Gasteiger partial charge in [-0.1, -0.05) is 0 Å². The number of likely N-dealkylation sites (tertiary alicyclic amines) is 1. The Morgan fingerprint density at radius 2 is 2.21 bits per heavy atom. The van der Waals surface area contributed by atoms with Gasteiger partial charge in [-0.3, -0.25) is 9.59 Å². The van der Waals surface area contributed by atoms with Crippen LogP contribution in [0, 0.1) is 5.92 Å².